The maximum atomic E-state index is 6.27. The van der Waals surface area contributed by atoms with E-state index in [4.69, 9.17) is 29.0 Å². The maximum absolute atomic E-state index is 6.27. The lowest BCUT2D eigenvalue weighted by Gasteiger charge is -2.17. The minimum absolute atomic E-state index is 0.119. The van der Waals surface area contributed by atoms with Crippen molar-refractivity contribution in [2.24, 2.45) is 5.84 Å². The SMILES string of the molecule is Cc1ccc(CC(Cc2cccc(Cl)c2)NN)c(Cl)c1. The molecule has 0 heterocycles. The summed E-state index contributed by atoms with van der Waals surface area (Å²) in [6.45, 7) is 2.03. The van der Waals surface area contributed by atoms with Crippen LogP contribution in [-0.2, 0) is 12.8 Å². The van der Waals surface area contributed by atoms with E-state index in [1.54, 1.807) is 0 Å². The molecule has 1 atom stereocenters. The van der Waals surface area contributed by atoms with Gasteiger partial charge in [-0.2, -0.15) is 0 Å². The second-order valence-electron chi connectivity index (χ2n) is 5.00. The Kier molecular flexibility index (Phi) is 5.44. The minimum atomic E-state index is 0.119. The van der Waals surface area contributed by atoms with Crippen molar-refractivity contribution in [3.05, 3.63) is 69.2 Å². The number of aryl methyl sites for hydroxylation is 1. The summed E-state index contributed by atoms with van der Waals surface area (Å²) in [4.78, 5) is 0. The number of halogens is 2. The van der Waals surface area contributed by atoms with E-state index in [9.17, 15) is 0 Å². The van der Waals surface area contributed by atoms with Crippen molar-refractivity contribution in [1.82, 2.24) is 5.43 Å². The van der Waals surface area contributed by atoms with E-state index in [1.807, 2.05) is 37.3 Å². The Bertz CT molecular complexity index is 584. The molecular formula is C16H18Cl2N2. The topological polar surface area (TPSA) is 38.0 Å². The minimum Gasteiger partial charge on any atom is -0.271 e. The Morgan fingerprint density at radius 2 is 1.90 bits per heavy atom. The van der Waals surface area contributed by atoms with Crippen LogP contribution in [0.3, 0.4) is 0 Å². The maximum Gasteiger partial charge on any atom is 0.0441 e. The highest BCUT2D eigenvalue weighted by Crippen LogP contribution is 2.20. The fraction of sp³-hybridized carbons (Fsp3) is 0.250. The summed E-state index contributed by atoms with van der Waals surface area (Å²) in [5.74, 6) is 5.66. The van der Waals surface area contributed by atoms with Gasteiger partial charge in [-0.05, 0) is 54.7 Å². The second-order valence-corrected chi connectivity index (χ2v) is 5.84. The first kappa shape index (κ1) is 15.3. The molecule has 0 fully saturated rings. The van der Waals surface area contributed by atoms with E-state index in [1.165, 1.54) is 0 Å². The molecule has 1 unspecified atom stereocenters. The van der Waals surface area contributed by atoms with Crippen LogP contribution in [0.4, 0.5) is 0 Å². The molecule has 0 aromatic heterocycles. The first-order valence-corrected chi connectivity index (χ1v) is 7.29. The molecule has 2 aromatic carbocycles. The molecule has 0 saturated heterocycles. The predicted octanol–water partition coefficient (Wildman–Crippen LogP) is 3.92. The highest BCUT2D eigenvalue weighted by atomic mass is 35.5. The summed E-state index contributed by atoms with van der Waals surface area (Å²) in [5.41, 5.74) is 6.27. The average Bonchev–Trinajstić information content (AvgIpc) is 2.41. The van der Waals surface area contributed by atoms with Crippen LogP contribution in [0.5, 0.6) is 0 Å². The quantitative estimate of drug-likeness (QED) is 0.649. The van der Waals surface area contributed by atoms with Gasteiger partial charge in [0.1, 0.15) is 0 Å². The lowest BCUT2D eigenvalue weighted by Crippen LogP contribution is -2.38. The van der Waals surface area contributed by atoms with Gasteiger partial charge in [0.2, 0.25) is 0 Å². The van der Waals surface area contributed by atoms with Crippen LogP contribution in [0.25, 0.3) is 0 Å². The van der Waals surface area contributed by atoms with Crippen molar-refractivity contribution in [2.45, 2.75) is 25.8 Å². The monoisotopic (exact) mass is 308 g/mol. The van der Waals surface area contributed by atoms with Gasteiger partial charge < -0.3 is 0 Å². The first-order valence-electron chi connectivity index (χ1n) is 6.54. The zero-order valence-corrected chi connectivity index (χ0v) is 12.9. The molecular weight excluding hydrogens is 291 g/mol. The molecule has 4 heteroatoms. The number of hydrogen-bond acceptors (Lipinski definition) is 2. The fourth-order valence-corrected chi connectivity index (χ4v) is 2.75. The van der Waals surface area contributed by atoms with Crippen LogP contribution < -0.4 is 11.3 Å². The van der Waals surface area contributed by atoms with Gasteiger partial charge >= 0.3 is 0 Å². The molecule has 0 spiro atoms. The first-order chi connectivity index (χ1) is 9.58. The Labute approximate surface area is 129 Å². The Balaban J connectivity index is 2.09. The molecule has 2 aromatic rings. The molecule has 3 N–H and O–H groups in total. The van der Waals surface area contributed by atoms with Gasteiger partial charge in [-0.3, -0.25) is 11.3 Å². The lowest BCUT2D eigenvalue weighted by atomic mass is 9.99. The molecule has 0 aliphatic carbocycles. The lowest BCUT2D eigenvalue weighted by molar-refractivity contribution is 0.522. The third kappa shape index (κ3) is 4.22. The van der Waals surface area contributed by atoms with E-state index >= 15 is 0 Å². The number of rotatable bonds is 5. The molecule has 2 nitrogen and oxygen atoms in total. The van der Waals surface area contributed by atoms with E-state index in [2.05, 4.69) is 17.6 Å². The van der Waals surface area contributed by atoms with Gasteiger partial charge in [0.15, 0.2) is 0 Å². The molecule has 20 heavy (non-hydrogen) atoms. The molecule has 0 amide bonds. The van der Waals surface area contributed by atoms with Crippen molar-refractivity contribution < 1.29 is 0 Å². The van der Waals surface area contributed by atoms with Crippen molar-refractivity contribution >= 4 is 23.2 Å². The predicted molar refractivity (Wildman–Crippen MR) is 86.2 cm³/mol. The van der Waals surface area contributed by atoms with Gasteiger partial charge in [-0.15, -0.1) is 0 Å². The molecule has 0 saturated carbocycles. The third-order valence-electron chi connectivity index (χ3n) is 3.28. The smallest absolute Gasteiger partial charge is 0.0441 e. The summed E-state index contributed by atoms with van der Waals surface area (Å²) in [6.07, 6.45) is 1.59. The summed E-state index contributed by atoms with van der Waals surface area (Å²) in [6, 6.07) is 14.0. The van der Waals surface area contributed by atoms with Crippen LogP contribution in [0.1, 0.15) is 16.7 Å². The number of nitrogens with one attached hydrogen (secondary N) is 1. The summed E-state index contributed by atoms with van der Waals surface area (Å²) in [5, 5.41) is 1.53. The van der Waals surface area contributed by atoms with E-state index in [0.29, 0.717) is 0 Å². The number of nitrogens with two attached hydrogens (primary N) is 1. The van der Waals surface area contributed by atoms with Crippen molar-refractivity contribution in [1.29, 1.82) is 0 Å². The van der Waals surface area contributed by atoms with E-state index in [-0.39, 0.29) is 6.04 Å². The fourth-order valence-electron chi connectivity index (χ4n) is 2.22. The van der Waals surface area contributed by atoms with Gasteiger partial charge in [0, 0.05) is 16.1 Å². The van der Waals surface area contributed by atoms with Crippen molar-refractivity contribution in [3.63, 3.8) is 0 Å². The van der Waals surface area contributed by atoms with E-state index < -0.39 is 0 Å². The van der Waals surface area contributed by atoms with Crippen LogP contribution in [-0.4, -0.2) is 6.04 Å². The van der Waals surface area contributed by atoms with Gasteiger partial charge in [-0.1, -0.05) is 47.5 Å². The number of hydrazine groups is 1. The van der Waals surface area contributed by atoms with Gasteiger partial charge in [0.05, 0.1) is 0 Å². The zero-order chi connectivity index (χ0) is 14.5. The van der Waals surface area contributed by atoms with Gasteiger partial charge in [-0.25, -0.2) is 0 Å². The molecule has 0 bridgehead atoms. The normalized spacial score (nSPS) is 12.4. The second kappa shape index (κ2) is 7.09. The highest BCUT2D eigenvalue weighted by molar-refractivity contribution is 6.31. The van der Waals surface area contributed by atoms with Crippen LogP contribution in [0.2, 0.25) is 10.0 Å². The van der Waals surface area contributed by atoms with Gasteiger partial charge in [0.25, 0.3) is 0 Å². The summed E-state index contributed by atoms with van der Waals surface area (Å²) >= 11 is 12.3. The Morgan fingerprint density at radius 1 is 1.10 bits per heavy atom. The molecule has 0 aliphatic heterocycles. The van der Waals surface area contributed by atoms with Crippen LogP contribution in [0.15, 0.2) is 42.5 Å². The Morgan fingerprint density at radius 3 is 2.55 bits per heavy atom. The summed E-state index contributed by atoms with van der Waals surface area (Å²) < 4.78 is 0. The highest BCUT2D eigenvalue weighted by Gasteiger charge is 2.11. The van der Waals surface area contributed by atoms with Crippen LogP contribution in [0, 0.1) is 6.92 Å². The standard InChI is InChI=1S/C16H18Cl2N2/c1-11-5-6-13(16(18)7-11)10-15(20-19)9-12-3-2-4-14(17)8-12/h2-8,15,20H,9-10,19H2,1H3. The average molecular weight is 309 g/mol. The molecule has 2 rings (SSSR count). The van der Waals surface area contributed by atoms with E-state index in [0.717, 1.165) is 39.6 Å². The summed E-state index contributed by atoms with van der Waals surface area (Å²) in [7, 11) is 0. The zero-order valence-electron chi connectivity index (χ0n) is 11.4. The van der Waals surface area contributed by atoms with Crippen LogP contribution >= 0.6 is 23.2 Å². The van der Waals surface area contributed by atoms with Crippen molar-refractivity contribution in [3.8, 4) is 0 Å². The third-order valence-corrected chi connectivity index (χ3v) is 3.87. The number of hydrogen-bond donors (Lipinski definition) is 2. The Hall–Kier alpha value is -1.06. The molecule has 0 aliphatic rings. The largest absolute Gasteiger partial charge is 0.271 e. The van der Waals surface area contributed by atoms with Crippen molar-refractivity contribution in [2.75, 3.05) is 0 Å². The molecule has 106 valence electrons. The molecule has 0 radical (unpaired) electrons. The number of benzene rings is 2.